The lowest BCUT2D eigenvalue weighted by atomic mass is 10.2. The maximum absolute atomic E-state index is 5.91. The van der Waals surface area contributed by atoms with Crippen molar-refractivity contribution in [2.75, 3.05) is 12.8 Å². The van der Waals surface area contributed by atoms with Gasteiger partial charge in [0.25, 0.3) is 0 Å². The fourth-order valence-corrected chi connectivity index (χ4v) is 3.15. The van der Waals surface area contributed by atoms with Gasteiger partial charge in [-0.15, -0.1) is 11.3 Å². The summed E-state index contributed by atoms with van der Waals surface area (Å²) >= 11 is 5.15. The standard InChI is InChI=1S/C10H10BrNOS/c1-13-10-8(5-11)14-7-4-2-3-6(12)9(7)10/h2-4H,5,12H2,1H3. The number of halogens is 1. The van der Waals surface area contributed by atoms with Crippen LogP contribution >= 0.6 is 27.3 Å². The Morgan fingerprint density at radius 1 is 1.50 bits per heavy atom. The van der Waals surface area contributed by atoms with Crippen molar-refractivity contribution < 1.29 is 4.74 Å². The first-order chi connectivity index (χ1) is 6.77. The van der Waals surface area contributed by atoms with Crippen LogP contribution in [0.2, 0.25) is 0 Å². The summed E-state index contributed by atoms with van der Waals surface area (Å²) in [4.78, 5) is 1.18. The van der Waals surface area contributed by atoms with Crippen LogP contribution in [0.15, 0.2) is 18.2 Å². The lowest BCUT2D eigenvalue weighted by Crippen LogP contribution is -1.88. The van der Waals surface area contributed by atoms with Gasteiger partial charge < -0.3 is 10.5 Å². The molecule has 0 atom stereocenters. The summed E-state index contributed by atoms with van der Waals surface area (Å²) in [7, 11) is 1.68. The van der Waals surface area contributed by atoms with Gasteiger partial charge in [0, 0.05) is 15.7 Å². The molecule has 0 aliphatic rings. The summed E-state index contributed by atoms with van der Waals surface area (Å²) in [6.45, 7) is 0. The van der Waals surface area contributed by atoms with Crippen LogP contribution in [0.5, 0.6) is 5.75 Å². The van der Waals surface area contributed by atoms with Crippen molar-refractivity contribution in [1.29, 1.82) is 0 Å². The molecule has 0 aliphatic carbocycles. The lowest BCUT2D eigenvalue weighted by molar-refractivity contribution is 0.418. The van der Waals surface area contributed by atoms with Crippen molar-refractivity contribution in [1.82, 2.24) is 0 Å². The SMILES string of the molecule is COc1c(CBr)sc2cccc(N)c12. The predicted molar refractivity (Wildman–Crippen MR) is 65.4 cm³/mol. The molecule has 1 aromatic carbocycles. The Bertz CT molecular complexity index is 466. The fraction of sp³-hybridized carbons (Fsp3) is 0.200. The molecule has 0 aliphatic heterocycles. The Hall–Kier alpha value is -0.740. The summed E-state index contributed by atoms with van der Waals surface area (Å²) in [6.07, 6.45) is 0. The number of hydrogen-bond donors (Lipinski definition) is 1. The topological polar surface area (TPSA) is 35.2 Å². The van der Waals surface area contributed by atoms with E-state index in [4.69, 9.17) is 10.5 Å². The summed E-state index contributed by atoms with van der Waals surface area (Å²) in [5.41, 5.74) is 6.69. The Labute approximate surface area is 94.8 Å². The van der Waals surface area contributed by atoms with Crippen molar-refractivity contribution in [2.24, 2.45) is 0 Å². The van der Waals surface area contributed by atoms with E-state index in [2.05, 4.69) is 22.0 Å². The van der Waals surface area contributed by atoms with Gasteiger partial charge in [0.2, 0.25) is 0 Å². The number of anilines is 1. The molecule has 0 saturated carbocycles. The molecule has 0 spiro atoms. The molecule has 0 fully saturated rings. The van der Waals surface area contributed by atoms with Gasteiger partial charge in [-0.2, -0.15) is 0 Å². The van der Waals surface area contributed by atoms with Crippen molar-refractivity contribution in [3.8, 4) is 5.75 Å². The van der Waals surface area contributed by atoms with Crippen molar-refractivity contribution in [3.05, 3.63) is 23.1 Å². The average Bonchev–Trinajstić information content (AvgIpc) is 2.56. The number of benzene rings is 1. The molecule has 0 unspecified atom stereocenters. The van der Waals surface area contributed by atoms with Crippen LogP contribution in [0, 0.1) is 0 Å². The molecule has 74 valence electrons. The quantitative estimate of drug-likeness (QED) is 0.671. The minimum absolute atomic E-state index is 0.780. The average molecular weight is 272 g/mol. The van der Waals surface area contributed by atoms with Crippen LogP contribution in [0.1, 0.15) is 4.88 Å². The van der Waals surface area contributed by atoms with Gasteiger partial charge in [0.05, 0.1) is 17.4 Å². The molecular weight excluding hydrogens is 262 g/mol. The Morgan fingerprint density at radius 3 is 2.93 bits per heavy atom. The summed E-state index contributed by atoms with van der Waals surface area (Å²) < 4.78 is 6.55. The number of nitrogen functional groups attached to an aromatic ring is 1. The Morgan fingerprint density at radius 2 is 2.29 bits per heavy atom. The lowest BCUT2D eigenvalue weighted by Gasteiger charge is -2.01. The maximum Gasteiger partial charge on any atom is 0.143 e. The highest BCUT2D eigenvalue weighted by atomic mass is 79.9. The molecule has 2 nitrogen and oxygen atoms in total. The largest absolute Gasteiger partial charge is 0.495 e. The van der Waals surface area contributed by atoms with Gasteiger partial charge in [-0.1, -0.05) is 22.0 Å². The zero-order valence-corrected chi connectivity index (χ0v) is 10.1. The zero-order chi connectivity index (χ0) is 10.1. The third-order valence-electron chi connectivity index (χ3n) is 2.10. The maximum atomic E-state index is 5.91. The van der Waals surface area contributed by atoms with Crippen molar-refractivity contribution in [3.63, 3.8) is 0 Å². The fourth-order valence-electron chi connectivity index (χ4n) is 1.50. The van der Waals surface area contributed by atoms with Crippen LogP contribution < -0.4 is 10.5 Å². The van der Waals surface area contributed by atoms with Gasteiger partial charge in [0.15, 0.2) is 0 Å². The van der Waals surface area contributed by atoms with Crippen LogP contribution in [0.3, 0.4) is 0 Å². The zero-order valence-electron chi connectivity index (χ0n) is 7.71. The minimum atomic E-state index is 0.780. The normalized spacial score (nSPS) is 10.7. The van der Waals surface area contributed by atoms with E-state index in [9.17, 15) is 0 Å². The van der Waals surface area contributed by atoms with Gasteiger partial charge >= 0.3 is 0 Å². The molecule has 0 bridgehead atoms. The highest BCUT2D eigenvalue weighted by Crippen LogP contribution is 2.41. The van der Waals surface area contributed by atoms with Crippen LogP contribution in [0.4, 0.5) is 5.69 Å². The predicted octanol–water partition coefficient (Wildman–Crippen LogP) is 3.39. The van der Waals surface area contributed by atoms with Crippen molar-refractivity contribution in [2.45, 2.75) is 5.33 Å². The van der Waals surface area contributed by atoms with E-state index < -0.39 is 0 Å². The molecule has 0 saturated heterocycles. The van der Waals surface area contributed by atoms with E-state index in [1.54, 1.807) is 18.4 Å². The second-order valence-corrected chi connectivity index (χ2v) is 4.61. The smallest absolute Gasteiger partial charge is 0.143 e. The number of alkyl halides is 1. The third kappa shape index (κ3) is 1.38. The number of rotatable bonds is 2. The van der Waals surface area contributed by atoms with Crippen LogP contribution in [-0.4, -0.2) is 7.11 Å². The molecule has 0 amide bonds. The summed E-state index contributed by atoms with van der Waals surface area (Å²) in [5.74, 6) is 0.903. The molecule has 1 heterocycles. The number of methoxy groups -OCH3 is 1. The number of thiophene rings is 1. The second kappa shape index (κ2) is 3.79. The first-order valence-corrected chi connectivity index (χ1v) is 6.11. The van der Waals surface area contributed by atoms with E-state index in [0.717, 1.165) is 22.2 Å². The Kier molecular flexibility index (Phi) is 2.65. The Balaban J connectivity index is 2.81. The molecular formula is C10H10BrNOS. The highest BCUT2D eigenvalue weighted by Gasteiger charge is 2.13. The molecule has 2 rings (SSSR count). The van der Waals surface area contributed by atoms with Crippen molar-refractivity contribution >= 4 is 43.0 Å². The van der Waals surface area contributed by atoms with E-state index in [1.807, 2.05) is 12.1 Å². The van der Waals surface area contributed by atoms with E-state index >= 15 is 0 Å². The van der Waals surface area contributed by atoms with E-state index in [0.29, 0.717) is 0 Å². The number of nitrogens with two attached hydrogens (primary N) is 1. The monoisotopic (exact) mass is 271 g/mol. The van der Waals surface area contributed by atoms with Gasteiger partial charge in [-0.05, 0) is 12.1 Å². The molecule has 0 radical (unpaired) electrons. The minimum Gasteiger partial charge on any atom is -0.495 e. The molecule has 2 aromatic rings. The van der Waals surface area contributed by atoms with E-state index in [1.165, 1.54) is 9.58 Å². The third-order valence-corrected chi connectivity index (χ3v) is 4.17. The first-order valence-electron chi connectivity index (χ1n) is 4.17. The summed E-state index contributed by atoms with van der Waals surface area (Å²) in [5, 5.41) is 1.84. The van der Waals surface area contributed by atoms with Gasteiger partial charge in [-0.3, -0.25) is 0 Å². The molecule has 14 heavy (non-hydrogen) atoms. The summed E-state index contributed by atoms with van der Waals surface area (Å²) in [6, 6.07) is 5.92. The molecule has 4 heteroatoms. The highest BCUT2D eigenvalue weighted by molar-refractivity contribution is 9.08. The number of ether oxygens (including phenoxy) is 1. The molecule has 1 aromatic heterocycles. The van der Waals surface area contributed by atoms with Gasteiger partial charge in [0.1, 0.15) is 5.75 Å². The molecule has 2 N–H and O–H groups in total. The van der Waals surface area contributed by atoms with Crippen LogP contribution in [0.25, 0.3) is 10.1 Å². The number of fused-ring (bicyclic) bond motifs is 1. The van der Waals surface area contributed by atoms with Crippen LogP contribution in [-0.2, 0) is 5.33 Å². The first kappa shape index (κ1) is 9.80. The second-order valence-electron chi connectivity index (χ2n) is 2.91. The van der Waals surface area contributed by atoms with Gasteiger partial charge in [-0.25, -0.2) is 0 Å². The van der Waals surface area contributed by atoms with E-state index in [-0.39, 0.29) is 0 Å². The number of hydrogen-bond acceptors (Lipinski definition) is 3.